The van der Waals surface area contributed by atoms with Crippen LogP contribution < -0.4 is 10.2 Å². The first kappa shape index (κ1) is 17.5. The number of aryl methyl sites for hydroxylation is 2. The maximum absolute atomic E-state index is 12.6. The van der Waals surface area contributed by atoms with Crippen molar-refractivity contribution in [1.29, 1.82) is 0 Å². The molecule has 1 fully saturated rings. The molecule has 0 saturated carbocycles. The first-order valence-electron chi connectivity index (χ1n) is 8.88. The summed E-state index contributed by atoms with van der Waals surface area (Å²) in [6.45, 7) is 0.425. The van der Waals surface area contributed by atoms with Gasteiger partial charge in [-0.15, -0.1) is 23.1 Å². The van der Waals surface area contributed by atoms with Crippen LogP contribution in [0.2, 0.25) is 0 Å². The molecule has 2 heterocycles. The minimum absolute atomic E-state index is 0.000449. The summed E-state index contributed by atoms with van der Waals surface area (Å²) in [6.07, 6.45) is 6.71. The zero-order chi connectivity index (χ0) is 18.1. The van der Waals surface area contributed by atoms with E-state index >= 15 is 0 Å². The van der Waals surface area contributed by atoms with Crippen molar-refractivity contribution in [1.82, 2.24) is 4.98 Å². The van der Waals surface area contributed by atoms with Crippen LogP contribution in [-0.4, -0.2) is 29.6 Å². The number of anilines is 2. The Morgan fingerprint density at radius 3 is 2.77 bits per heavy atom. The van der Waals surface area contributed by atoms with E-state index in [2.05, 4.69) is 10.3 Å². The van der Waals surface area contributed by atoms with Gasteiger partial charge in [0.05, 0.1) is 11.6 Å². The highest BCUT2D eigenvalue weighted by atomic mass is 32.2. The lowest BCUT2D eigenvalue weighted by molar-refractivity contribution is -0.122. The molecule has 1 saturated heterocycles. The van der Waals surface area contributed by atoms with Crippen molar-refractivity contribution in [3.8, 4) is 0 Å². The second kappa shape index (κ2) is 7.40. The largest absolute Gasteiger partial charge is 0.312 e. The van der Waals surface area contributed by atoms with E-state index in [1.54, 1.807) is 28.0 Å². The molecule has 1 aliphatic heterocycles. The van der Waals surface area contributed by atoms with Crippen molar-refractivity contribution in [2.24, 2.45) is 5.92 Å². The molecule has 1 aliphatic carbocycles. The van der Waals surface area contributed by atoms with Gasteiger partial charge in [-0.2, -0.15) is 0 Å². The van der Waals surface area contributed by atoms with Crippen LogP contribution in [0.3, 0.4) is 0 Å². The molecule has 1 atom stereocenters. The van der Waals surface area contributed by atoms with Crippen LogP contribution in [0, 0.1) is 5.92 Å². The number of fused-ring (bicyclic) bond motifs is 1. The Balaban J connectivity index is 1.42. The Hall–Kier alpha value is -1.86. The molecule has 1 N–H and O–H groups in total. The van der Waals surface area contributed by atoms with Crippen molar-refractivity contribution in [3.63, 3.8) is 0 Å². The van der Waals surface area contributed by atoms with Crippen LogP contribution >= 0.6 is 23.1 Å². The van der Waals surface area contributed by atoms with Crippen molar-refractivity contribution in [3.05, 3.63) is 34.8 Å². The van der Waals surface area contributed by atoms with Crippen molar-refractivity contribution in [2.75, 3.05) is 23.0 Å². The van der Waals surface area contributed by atoms with E-state index in [0.717, 1.165) is 29.1 Å². The summed E-state index contributed by atoms with van der Waals surface area (Å²) in [7, 11) is 0. The Morgan fingerprint density at radius 2 is 2.04 bits per heavy atom. The molecule has 7 heteroatoms. The summed E-state index contributed by atoms with van der Waals surface area (Å²) in [4.78, 5) is 33.7. The number of hydrogen-bond donors (Lipinski definition) is 1. The van der Waals surface area contributed by atoms with Gasteiger partial charge in [0.15, 0.2) is 5.13 Å². The number of rotatable bonds is 4. The highest BCUT2D eigenvalue weighted by Crippen LogP contribution is 2.31. The lowest BCUT2D eigenvalue weighted by Crippen LogP contribution is -2.28. The van der Waals surface area contributed by atoms with Crippen LogP contribution in [0.15, 0.2) is 29.2 Å². The first-order valence-corrected chi connectivity index (χ1v) is 10.9. The Kier molecular flexibility index (Phi) is 5.00. The average molecular weight is 388 g/mol. The third-order valence-corrected chi connectivity index (χ3v) is 6.77. The zero-order valence-electron chi connectivity index (χ0n) is 14.7. The van der Waals surface area contributed by atoms with Crippen molar-refractivity contribution >= 4 is 45.7 Å². The number of carbonyl (C=O) groups is 2. The number of hydrogen-bond acceptors (Lipinski definition) is 5. The molecule has 0 spiro atoms. The van der Waals surface area contributed by atoms with Crippen LogP contribution in [-0.2, 0) is 22.4 Å². The van der Waals surface area contributed by atoms with E-state index in [9.17, 15) is 9.59 Å². The fraction of sp³-hybridized carbons (Fsp3) is 0.421. The Morgan fingerprint density at radius 1 is 1.27 bits per heavy atom. The Labute approximate surface area is 161 Å². The molecule has 4 rings (SSSR count). The molecular weight excluding hydrogens is 366 g/mol. The van der Waals surface area contributed by atoms with Gasteiger partial charge in [0.25, 0.3) is 0 Å². The second-order valence-corrected chi connectivity index (χ2v) is 8.65. The molecule has 2 aliphatic rings. The lowest BCUT2D eigenvalue weighted by Gasteiger charge is -2.16. The number of nitrogens with one attached hydrogen (secondary N) is 1. The number of thioether (sulfide) groups is 1. The molecule has 5 nitrogen and oxygen atoms in total. The van der Waals surface area contributed by atoms with Crippen molar-refractivity contribution < 1.29 is 9.59 Å². The minimum Gasteiger partial charge on any atom is -0.312 e. The van der Waals surface area contributed by atoms with E-state index in [4.69, 9.17) is 0 Å². The lowest BCUT2D eigenvalue weighted by atomic mass is 10.0. The smallest absolute Gasteiger partial charge is 0.231 e. The standard InChI is InChI=1S/C19H21N3O2S2/c1-25-14-8-6-13(7-9-14)22-11-12(10-17(22)23)18(24)21-19-20-15-4-2-3-5-16(15)26-19/h6-9,12H,2-5,10-11H2,1H3,(H,20,21,24)/t12-/m0/s1. The summed E-state index contributed by atoms with van der Waals surface area (Å²) in [6, 6.07) is 7.89. The van der Waals surface area contributed by atoms with E-state index in [1.807, 2.05) is 30.5 Å². The second-order valence-electron chi connectivity index (χ2n) is 6.69. The minimum atomic E-state index is -0.330. The van der Waals surface area contributed by atoms with E-state index in [0.29, 0.717) is 11.7 Å². The van der Waals surface area contributed by atoms with Crippen LogP contribution in [0.5, 0.6) is 0 Å². The molecule has 0 unspecified atom stereocenters. The normalized spacial score (nSPS) is 19.5. The van der Waals surface area contributed by atoms with E-state index in [1.165, 1.54) is 17.7 Å². The number of thiazole rings is 1. The van der Waals surface area contributed by atoms with Gasteiger partial charge in [-0.25, -0.2) is 4.98 Å². The van der Waals surface area contributed by atoms with Crippen LogP contribution in [0.1, 0.15) is 29.8 Å². The molecule has 2 aromatic rings. The summed E-state index contributed by atoms with van der Waals surface area (Å²) in [5, 5.41) is 3.62. The highest BCUT2D eigenvalue weighted by molar-refractivity contribution is 7.98. The molecule has 0 radical (unpaired) electrons. The number of aromatic nitrogens is 1. The molecular formula is C19H21N3O2S2. The maximum Gasteiger partial charge on any atom is 0.231 e. The molecule has 26 heavy (non-hydrogen) atoms. The number of benzene rings is 1. The van der Waals surface area contributed by atoms with Gasteiger partial charge in [-0.05, 0) is 56.2 Å². The first-order chi connectivity index (χ1) is 12.6. The van der Waals surface area contributed by atoms with Crippen molar-refractivity contribution in [2.45, 2.75) is 37.0 Å². The molecule has 136 valence electrons. The highest BCUT2D eigenvalue weighted by Gasteiger charge is 2.35. The van der Waals surface area contributed by atoms with Gasteiger partial charge in [0, 0.05) is 28.4 Å². The van der Waals surface area contributed by atoms with Gasteiger partial charge in [-0.1, -0.05) is 0 Å². The molecule has 2 amide bonds. The fourth-order valence-corrected chi connectivity index (χ4v) is 4.97. The van der Waals surface area contributed by atoms with E-state index < -0.39 is 0 Å². The maximum atomic E-state index is 12.6. The number of amides is 2. The topological polar surface area (TPSA) is 62.3 Å². The predicted octanol–water partition coefficient (Wildman–Crippen LogP) is 3.74. The zero-order valence-corrected chi connectivity index (χ0v) is 16.3. The molecule has 1 aromatic heterocycles. The van der Waals surface area contributed by atoms with Gasteiger partial charge in [-0.3, -0.25) is 9.59 Å². The number of carbonyl (C=O) groups excluding carboxylic acids is 2. The summed E-state index contributed by atoms with van der Waals surface area (Å²) in [5.74, 6) is -0.433. The third-order valence-electron chi connectivity index (χ3n) is 4.96. The van der Waals surface area contributed by atoms with Gasteiger partial charge in [0.1, 0.15) is 0 Å². The van der Waals surface area contributed by atoms with Gasteiger partial charge in [0.2, 0.25) is 11.8 Å². The van der Waals surface area contributed by atoms with Gasteiger partial charge < -0.3 is 10.2 Å². The summed E-state index contributed by atoms with van der Waals surface area (Å²) < 4.78 is 0. The van der Waals surface area contributed by atoms with Crippen LogP contribution in [0.4, 0.5) is 10.8 Å². The SMILES string of the molecule is CSc1ccc(N2C[C@@H](C(=O)Nc3nc4c(s3)CCCC4)CC2=O)cc1. The summed E-state index contributed by atoms with van der Waals surface area (Å²) in [5.41, 5.74) is 1.99. The predicted molar refractivity (Wildman–Crippen MR) is 106 cm³/mol. The average Bonchev–Trinajstić information content (AvgIpc) is 3.24. The Bertz CT molecular complexity index is 808. The van der Waals surface area contributed by atoms with Gasteiger partial charge >= 0.3 is 0 Å². The molecule has 0 bridgehead atoms. The third kappa shape index (κ3) is 3.50. The monoisotopic (exact) mass is 387 g/mol. The fourth-order valence-electron chi connectivity index (χ4n) is 3.51. The van der Waals surface area contributed by atoms with Crippen LogP contribution in [0.25, 0.3) is 0 Å². The summed E-state index contributed by atoms with van der Waals surface area (Å²) >= 11 is 3.25. The number of nitrogens with zero attached hydrogens (tertiary/aromatic N) is 2. The molecule has 1 aromatic carbocycles. The quantitative estimate of drug-likeness (QED) is 0.812. The van der Waals surface area contributed by atoms with E-state index in [-0.39, 0.29) is 24.2 Å².